The van der Waals surface area contributed by atoms with Gasteiger partial charge < -0.3 is 10.2 Å². The Morgan fingerprint density at radius 1 is 1.35 bits per heavy atom. The maximum absolute atomic E-state index is 12.3. The highest BCUT2D eigenvalue weighted by Gasteiger charge is 2.23. The maximum Gasteiger partial charge on any atom is 0.233 e. The summed E-state index contributed by atoms with van der Waals surface area (Å²) in [6, 6.07) is 10.2. The number of anilines is 2. The molecule has 0 spiro atoms. The fraction of sp³-hybridized carbons (Fsp3) is 0.438. The standard InChI is InChI=1S/C16H20N4OS2/c1-12-7-5-6-10-20(12)14(21)11-22-16-19-18-15(23-16)17-13-8-3-2-4-9-13/h2-4,8-9,12H,5-7,10-11H2,1H3,(H,17,18)/t12-/m1/s1. The summed E-state index contributed by atoms with van der Waals surface area (Å²) >= 11 is 2.95. The number of carbonyl (C=O) groups is 1. The van der Waals surface area contributed by atoms with Crippen molar-refractivity contribution in [3.05, 3.63) is 30.3 Å². The van der Waals surface area contributed by atoms with E-state index in [2.05, 4.69) is 22.4 Å². The maximum atomic E-state index is 12.3. The van der Waals surface area contributed by atoms with Crippen LogP contribution in [0.4, 0.5) is 10.8 Å². The number of nitrogens with one attached hydrogen (secondary N) is 1. The lowest BCUT2D eigenvalue weighted by Crippen LogP contribution is -2.42. The van der Waals surface area contributed by atoms with Crippen molar-refractivity contribution in [1.82, 2.24) is 15.1 Å². The van der Waals surface area contributed by atoms with Crippen LogP contribution in [0, 0.1) is 0 Å². The van der Waals surface area contributed by atoms with Gasteiger partial charge in [-0.2, -0.15) is 0 Å². The second kappa shape index (κ2) is 7.79. The normalized spacial score (nSPS) is 18.0. The van der Waals surface area contributed by atoms with E-state index in [0.29, 0.717) is 11.8 Å². The SMILES string of the molecule is C[C@@H]1CCCCN1C(=O)CSc1nnc(Nc2ccccc2)s1. The number of nitrogens with zero attached hydrogens (tertiary/aromatic N) is 3. The van der Waals surface area contributed by atoms with E-state index in [1.54, 1.807) is 0 Å². The van der Waals surface area contributed by atoms with Crippen LogP contribution < -0.4 is 5.32 Å². The lowest BCUT2D eigenvalue weighted by Gasteiger charge is -2.33. The molecule has 0 aliphatic carbocycles. The minimum Gasteiger partial charge on any atom is -0.339 e. The smallest absolute Gasteiger partial charge is 0.233 e. The van der Waals surface area contributed by atoms with Gasteiger partial charge in [0.05, 0.1) is 5.75 Å². The van der Waals surface area contributed by atoms with E-state index in [1.165, 1.54) is 29.5 Å². The minimum absolute atomic E-state index is 0.204. The molecular weight excluding hydrogens is 328 g/mol. The molecule has 0 radical (unpaired) electrons. The van der Waals surface area contributed by atoms with E-state index in [4.69, 9.17) is 0 Å². The van der Waals surface area contributed by atoms with Crippen LogP contribution in [0.5, 0.6) is 0 Å². The highest BCUT2D eigenvalue weighted by molar-refractivity contribution is 8.01. The molecule has 5 nitrogen and oxygen atoms in total. The molecule has 0 unspecified atom stereocenters. The Morgan fingerprint density at radius 2 is 2.17 bits per heavy atom. The molecule has 0 bridgehead atoms. The second-order valence-electron chi connectivity index (χ2n) is 5.58. The number of para-hydroxylation sites is 1. The lowest BCUT2D eigenvalue weighted by molar-refractivity contribution is -0.131. The van der Waals surface area contributed by atoms with Gasteiger partial charge in [0.2, 0.25) is 11.0 Å². The first-order chi connectivity index (χ1) is 11.2. The first-order valence-electron chi connectivity index (χ1n) is 7.80. The molecule has 1 amide bonds. The predicted octanol–water partition coefficient (Wildman–Crippen LogP) is 3.77. The number of benzene rings is 1. The van der Waals surface area contributed by atoms with Crippen molar-refractivity contribution in [3.63, 3.8) is 0 Å². The largest absolute Gasteiger partial charge is 0.339 e. The molecule has 1 aromatic heterocycles. The van der Waals surface area contributed by atoms with Crippen LogP contribution >= 0.6 is 23.1 Å². The van der Waals surface area contributed by atoms with Crippen LogP contribution in [0.3, 0.4) is 0 Å². The molecule has 1 aromatic carbocycles. The number of aromatic nitrogens is 2. The molecular formula is C16H20N4OS2. The number of likely N-dealkylation sites (tertiary alicyclic amines) is 1. The molecule has 2 heterocycles. The average molecular weight is 348 g/mol. The van der Waals surface area contributed by atoms with Crippen LogP contribution in [-0.4, -0.2) is 39.3 Å². The van der Waals surface area contributed by atoms with Gasteiger partial charge in [0, 0.05) is 18.3 Å². The van der Waals surface area contributed by atoms with E-state index in [0.717, 1.165) is 34.5 Å². The van der Waals surface area contributed by atoms with Crippen molar-refractivity contribution < 1.29 is 4.79 Å². The third-order valence-electron chi connectivity index (χ3n) is 3.87. The molecule has 23 heavy (non-hydrogen) atoms. The fourth-order valence-corrected chi connectivity index (χ4v) is 4.30. The van der Waals surface area contributed by atoms with Crippen LogP contribution in [-0.2, 0) is 4.79 Å². The van der Waals surface area contributed by atoms with E-state index in [9.17, 15) is 4.79 Å². The summed E-state index contributed by atoms with van der Waals surface area (Å²) in [6.45, 7) is 3.02. The fourth-order valence-electron chi connectivity index (χ4n) is 2.64. The van der Waals surface area contributed by atoms with Gasteiger partial charge in [-0.25, -0.2) is 0 Å². The molecule has 1 aliphatic heterocycles. The molecule has 1 saturated heterocycles. The van der Waals surface area contributed by atoms with E-state index < -0.39 is 0 Å². The van der Waals surface area contributed by atoms with Gasteiger partial charge in [0.25, 0.3) is 0 Å². The summed E-state index contributed by atoms with van der Waals surface area (Å²) in [4.78, 5) is 14.3. The molecule has 0 saturated carbocycles. The zero-order chi connectivity index (χ0) is 16.1. The van der Waals surface area contributed by atoms with Gasteiger partial charge >= 0.3 is 0 Å². The topological polar surface area (TPSA) is 58.1 Å². The first kappa shape index (κ1) is 16.3. The summed E-state index contributed by atoms with van der Waals surface area (Å²) in [5.41, 5.74) is 0.985. The Balaban J connectivity index is 1.52. The number of piperidine rings is 1. The van der Waals surface area contributed by atoms with Crippen molar-refractivity contribution >= 4 is 39.8 Å². The summed E-state index contributed by atoms with van der Waals surface area (Å²) in [7, 11) is 0. The molecule has 1 atom stereocenters. The minimum atomic E-state index is 0.204. The quantitative estimate of drug-likeness (QED) is 0.834. The van der Waals surface area contributed by atoms with Gasteiger partial charge in [0.15, 0.2) is 4.34 Å². The van der Waals surface area contributed by atoms with Crippen LogP contribution in [0.1, 0.15) is 26.2 Å². The molecule has 2 aromatic rings. The number of thioether (sulfide) groups is 1. The van der Waals surface area contributed by atoms with Crippen molar-refractivity contribution in [3.8, 4) is 0 Å². The third kappa shape index (κ3) is 4.45. The third-order valence-corrected chi connectivity index (χ3v) is 5.83. The first-order valence-corrected chi connectivity index (χ1v) is 9.60. The second-order valence-corrected chi connectivity index (χ2v) is 7.78. The molecule has 122 valence electrons. The Kier molecular flexibility index (Phi) is 5.51. The van der Waals surface area contributed by atoms with E-state index in [-0.39, 0.29) is 5.91 Å². The summed E-state index contributed by atoms with van der Waals surface area (Å²) in [6.07, 6.45) is 3.45. The number of amides is 1. The van der Waals surface area contributed by atoms with Gasteiger partial charge in [-0.15, -0.1) is 10.2 Å². The van der Waals surface area contributed by atoms with Gasteiger partial charge in [-0.05, 0) is 38.3 Å². The summed E-state index contributed by atoms with van der Waals surface area (Å²) in [5.74, 6) is 0.639. The Hall–Kier alpha value is -1.60. The van der Waals surface area contributed by atoms with Crippen LogP contribution in [0.2, 0.25) is 0 Å². The van der Waals surface area contributed by atoms with E-state index >= 15 is 0 Å². The molecule has 1 N–H and O–H groups in total. The van der Waals surface area contributed by atoms with Gasteiger partial charge in [-0.3, -0.25) is 4.79 Å². The number of carbonyl (C=O) groups excluding carboxylic acids is 1. The Labute approximate surface area is 144 Å². The zero-order valence-electron chi connectivity index (χ0n) is 13.1. The number of rotatable bonds is 5. The summed E-state index contributed by atoms with van der Waals surface area (Å²) < 4.78 is 0.821. The van der Waals surface area contributed by atoms with Crippen LogP contribution in [0.15, 0.2) is 34.7 Å². The van der Waals surface area contributed by atoms with Crippen molar-refractivity contribution in [2.45, 2.75) is 36.6 Å². The molecule has 3 rings (SSSR count). The van der Waals surface area contributed by atoms with Gasteiger partial charge in [-0.1, -0.05) is 41.3 Å². The monoisotopic (exact) mass is 348 g/mol. The van der Waals surface area contributed by atoms with Crippen molar-refractivity contribution in [2.24, 2.45) is 0 Å². The molecule has 1 aliphatic rings. The summed E-state index contributed by atoms with van der Waals surface area (Å²) in [5, 5.41) is 12.2. The van der Waals surface area contributed by atoms with Crippen LogP contribution in [0.25, 0.3) is 0 Å². The Morgan fingerprint density at radius 3 is 2.96 bits per heavy atom. The van der Waals surface area contributed by atoms with Gasteiger partial charge in [0.1, 0.15) is 0 Å². The predicted molar refractivity (Wildman–Crippen MR) is 95.4 cm³/mol. The zero-order valence-corrected chi connectivity index (χ0v) is 14.7. The molecule has 1 fully saturated rings. The molecule has 7 heteroatoms. The van der Waals surface area contributed by atoms with Crippen molar-refractivity contribution in [1.29, 1.82) is 0 Å². The Bertz CT molecular complexity index is 647. The lowest BCUT2D eigenvalue weighted by atomic mass is 10.0. The van der Waals surface area contributed by atoms with Crippen molar-refractivity contribution in [2.75, 3.05) is 17.6 Å². The number of hydrogen-bond acceptors (Lipinski definition) is 6. The highest BCUT2D eigenvalue weighted by Crippen LogP contribution is 2.28. The highest BCUT2D eigenvalue weighted by atomic mass is 32.2. The average Bonchev–Trinajstić information content (AvgIpc) is 3.01. The number of hydrogen-bond donors (Lipinski definition) is 1. The van der Waals surface area contributed by atoms with E-state index in [1.807, 2.05) is 35.2 Å².